The first kappa shape index (κ1) is 19.4. The lowest BCUT2D eigenvalue weighted by Gasteiger charge is -2.19. The smallest absolute Gasteiger partial charge is 0.251 e. The van der Waals surface area contributed by atoms with Gasteiger partial charge in [-0.2, -0.15) is 0 Å². The number of pyridine rings is 1. The summed E-state index contributed by atoms with van der Waals surface area (Å²) in [5.74, 6) is -0.0166. The molecule has 0 radical (unpaired) electrons. The van der Waals surface area contributed by atoms with Crippen LogP contribution in [0, 0.1) is 0 Å². The van der Waals surface area contributed by atoms with Gasteiger partial charge < -0.3 is 15.4 Å². The third-order valence-corrected chi connectivity index (χ3v) is 3.92. The summed E-state index contributed by atoms with van der Waals surface area (Å²) in [4.78, 5) is 28.1. The molecule has 1 heterocycles. The minimum absolute atomic E-state index is 0.0329. The normalized spacial score (nSPS) is 10.9. The molecule has 0 spiro atoms. The quantitative estimate of drug-likeness (QED) is 0.834. The van der Waals surface area contributed by atoms with Crippen LogP contribution < -0.4 is 15.4 Å². The van der Waals surface area contributed by atoms with Gasteiger partial charge in [-0.25, -0.2) is 4.98 Å². The highest BCUT2D eigenvalue weighted by molar-refractivity contribution is 5.96. The summed E-state index contributed by atoms with van der Waals surface area (Å²) in [7, 11) is 1.54. The predicted molar refractivity (Wildman–Crippen MR) is 100 cm³/mol. The van der Waals surface area contributed by atoms with Crippen molar-refractivity contribution in [3.63, 3.8) is 0 Å². The standard InChI is InChI=1S/C20H25N3O3/c1-20(2,3)16-8-6-15(7-9-16)19(25)23-13-17(24)21-11-14-5-10-18(26-4)22-12-14/h5-10,12H,11,13H2,1-4H3,(H,21,24)(H,23,25). The summed E-state index contributed by atoms with van der Waals surface area (Å²) in [6.45, 7) is 6.61. The molecule has 0 saturated carbocycles. The third kappa shape index (κ3) is 5.58. The number of amides is 2. The SMILES string of the molecule is COc1ccc(CNC(=O)CNC(=O)c2ccc(C(C)(C)C)cc2)cn1. The van der Waals surface area contributed by atoms with E-state index in [9.17, 15) is 9.59 Å². The van der Waals surface area contributed by atoms with Gasteiger partial charge in [0.15, 0.2) is 0 Å². The van der Waals surface area contributed by atoms with Gasteiger partial charge in [0, 0.05) is 24.4 Å². The van der Waals surface area contributed by atoms with Crippen molar-refractivity contribution >= 4 is 11.8 Å². The largest absolute Gasteiger partial charge is 0.481 e. The van der Waals surface area contributed by atoms with E-state index < -0.39 is 0 Å². The molecule has 0 atom stereocenters. The first-order chi connectivity index (χ1) is 12.3. The van der Waals surface area contributed by atoms with E-state index in [0.717, 1.165) is 11.1 Å². The summed E-state index contributed by atoms with van der Waals surface area (Å²) in [6.07, 6.45) is 1.63. The van der Waals surface area contributed by atoms with Crippen molar-refractivity contribution in [1.29, 1.82) is 0 Å². The van der Waals surface area contributed by atoms with E-state index in [2.05, 4.69) is 36.4 Å². The van der Waals surface area contributed by atoms with E-state index in [0.29, 0.717) is 18.0 Å². The number of aromatic nitrogens is 1. The van der Waals surface area contributed by atoms with E-state index in [4.69, 9.17) is 4.74 Å². The number of nitrogens with zero attached hydrogens (tertiary/aromatic N) is 1. The van der Waals surface area contributed by atoms with Crippen molar-refractivity contribution in [2.45, 2.75) is 32.7 Å². The Labute approximate surface area is 154 Å². The second kappa shape index (κ2) is 8.47. The van der Waals surface area contributed by atoms with Crippen LogP contribution >= 0.6 is 0 Å². The molecule has 1 aromatic carbocycles. The molecule has 2 aromatic rings. The lowest BCUT2D eigenvalue weighted by molar-refractivity contribution is -0.120. The fraction of sp³-hybridized carbons (Fsp3) is 0.350. The van der Waals surface area contributed by atoms with Crippen LogP contribution in [-0.2, 0) is 16.8 Å². The van der Waals surface area contributed by atoms with Crippen LogP contribution in [-0.4, -0.2) is 30.5 Å². The molecular formula is C20H25N3O3. The van der Waals surface area contributed by atoms with E-state index >= 15 is 0 Å². The minimum atomic E-state index is -0.272. The average molecular weight is 355 g/mol. The third-order valence-electron chi connectivity index (χ3n) is 3.92. The summed E-state index contributed by atoms with van der Waals surface area (Å²) in [6, 6.07) is 11.0. The molecule has 0 bridgehead atoms. The molecule has 1 aromatic heterocycles. The Bertz CT molecular complexity index is 747. The highest BCUT2D eigenvalue weighted by atomic mass is 16.5. The van der Waals surface area contributed by atoms with Gasteiger partial charge in [0.25, 0.3) is 5.91 Å². The molecule has 2 amide bonds. The van der Waals surface area contributed by atoms with Gasteiger partial charge in [-0.15, -0.1) is 0 Å². The van der Waals surface area contributed by atoms with Crippen LogP contribution in [0.1, 0.15) is 42.3 Å². The van der Waals surface area contributed by atoms with E-state index in [1.807, 2.05) is 18.2 Å². The monoisotopic (exact) mass is 355 g/mol. The average Bonchev–Trinajstić information content (AvgIpc) is 2.64. The number of nitrogens with one attached hydrogen (secondary N) is 2. The maximum absolute atomic E-state index is 12.1. The zero-order valence-corrected chi connectivity index (χ0v) is 15.6. The van der Waals surface area contributed by atoms with Gasteiger partial charge in [-0.3, -0.25) is 9.59 Å². The molecule has 0 aliphatic carbocycles. The molecular weight excluding hydrogens is 330 g/mol. The number of hydrogen-bond acceptors (Lipinski definition) is 4. The minimum Gasteiger partial charge on any atom is -0.481 e. The zero-order chi connectivity index (χ0) is 19.2. The fourth-order valence-electron chi connectivity index (χ4n) is 2.28. The Kier molecular flexibility index (Phi) is 6.33. The Morgan fingerprint density at radius 1 is 1.04 bits per heavy atom. The lowest BCUT2D eigenvalue weighted by atomic mass is 9.87. The number of hydrogen-bond donors (Lipinski definition) is 2. The topological polar surface area (TPSA) is 80.3 Å². The second-order valence-electron chi connectivity index (χ2n) is 7.00. The number of rotatable bonds is 6. The van der Waals surface area contributed by atoms with E-state index in [-0.39, 0.29) is 23.8 Å². The molecule has 2 N–H and O–H groups in total. The number of benzene rings is 1. The molecule has 6 nitrogen and oxygen atoms in total. The molecule has 0 saturated heterocycles. The van der Waals surface area contributed by atoms with Crippen molar-refractivity contribution in [3.05, 3.63) is 59.3 Å². The molecule has 0 unspecified atom stereocenters. The Morgan fingerprint density at radius 2 is 1.73 bits per heavy atom. The van der Waals surface area contributed by atoms with Crippen LogP contribution in [0.5, 0.6) is 5.88 Å². The Balaban J connectivity index is 1.79. The van der Waals surface area contributed by atoms with Crippen molar-refractivity contribution in [2.75, 3.05) is 13.7 Å². The summed E-state index contributed by atoms with van der Waals surface area (Å²) in [5.41, 5.74) is 2.57. The fourth-order valence-corrected chi connectivity index (χ4v) is 2.28. The van der Waals surface area contributed by atoms with Crippen LogP contribution in [0.3, 0.4) is 0 Å². The Morgan fingerprint density at radius 3 is 2.27 bits per heavy atom. The molecule has 0 fully saturated rings. The first-order valence-corrected chi connectivity index (χ1v) is 8.44. The van der Waals surface area contributed by atoms with Crippen molar-refractivity contribution in [2.24, 2.45) is 0 Å². The molecule has 6 heteroatoms. The van der Waals surface area contributed by atoms with Crippen LogP contribution in [0.15, 0.2) is 42.6 Å². The van der Waals surface area contributed by atoms with Gasteiger partial charge in [-0.1, -0.05) is 39.0 Å². The highest BCUT2D eigenvalue weighted by Crippen LogP contribution is 2.22. The number of carbonyl (C=O) groups excluding carboxylic acids is 2. The van der Waals surface area contributed by atoms with Crippen LogP contribution in [0.4, 0.5) is 0 Å². The van der Waals surface area contributed by atoms with Crippen LogP contribution in [0.2, 0.25) is 0 Å². The van der Waals surface area contributed by atoms with Crippen molar-refractivity contribution in [3.8, 4) is 5.88 Å². The molecule has 0 aliphatic heterocycles. The summed E-state index contributed by atoms with van der Waals surface area (Å²) in [5, 5.41) is 5.36. The van der Waals surface area contributed by atoms with Gasteiger partial charge in [0.1, 0.15) is 0 Å². The Hall–Kier alpha value is -2.89. The van der Waals surface area contributed by atoms with Crippen molar-refractivity contribution in [1.82, 2.24) is 15.6 Å². The van der Waals surface area contributed by atoms with Crippen molar-refractivity contribution < 1.29 is 14.3 Å². The summed E-state index contributed by atoms with van der Waals surface area (Å²) < 4.78 is 4.98. The maximum Gasteiger partial charge on any atom is 0.251 e. The summed E-state index contributed by atoms with van der Waals surface area (Å²) >= 11 is 0. The molecule has 138 valence electrons. The predicted octanol–water partition coefficient (Wildman–Crippen LogP) is 2.43. The maximum atomic E-state index is 12.1. The highest BCUT2D eigenvalue weighted by Gasteiger charge is 2.14. The van der Waals surface area contributed by atoms with Gasteiger partial charge in [-0.05, 0) is 28.7 Å². The van der Waals surface area contributed by atoms with Gasteiger partial charge in [0.2, 0.25) is 11.8 Å². The second-order valence-corrected chi connectivity index (χ2v) is 7.00. The molecule has 2 rings (SSSR count). The number of methoxy groups -OCH3 is 1. The van der Waals surface area contributed by atoms with E-state index in [1.54, 1.807) is 31.5 Å². The van der Waals surface area contributed by atoms with Gasteiger partial charge in [0.05, 0.1) is 13.7 Å². The van der Waals surface area contributed by atoms with Gasteiger partial charge >= 0.3 is 0 Å². The molecule has 0 aliphatic rings. The van der Waals surface area contributed by atoms with Crippen LogP contribution in [0.25, 0.3) is 0 Å². The number of carbonyl (C=O) groups is 2. The van der Waals surface area contributed by atoms with E-state index in [1.165, 1.54) is 0 Å². The zero-order valence-electron chi connectivity index (χ0n) is 15.6. The molecule has 26 heavy (non-hydrogen) atoms. The lowest BCUT2D eigenvalue weighted by Crippen LogP contribution is -2.36. The first-order valence-electron chi connectivity index (χ1n) is 8.44. The number of ether oxygens (including phenoxy) is 1.